The molecule has 0 N–H and O–H groups in total. The number of fused-ring (bicyclic) bond motifs is 9. The first-order valence-corrected chi connectivity index (χ1v) is 28.4. The Labute approximate surface area is 489 Å². The molecule has 4 aromatic heterocycles. The number of rotatable bonds is 9. The lowest BCUT2D eigenvalue weighted by Gasteiger charge is -2.24. The molecule has 394 valence electrons. The van der Waals surface area contributed by atoms with Gasteiger partial charge in [0.15, 0.2) is 5.82 Å². The molecule has 0 aliphatic carbocycles. The van der Waals surface area contributed by atoms with E-state index in [1.54, 1.807) is 12.1 Å². The summed E-state index contributed by atoms with van der Waals surface area (Å²) in [5.74, 6) is 0.584. The van der Waals surface area contributed by atoms with Crippen molar-refractivity contribution in [1.29, 1.82) is 10.5 Å². The van der Waals surface area contributed by atoms with Gasteiger partial charge in [0.05, 0.1) is 84.8 Å². The molecular weight excluding hydrogens is 1030 g/mol. The minimum atomic E-state index is 0.442. The van der Waals surface area contributed by atoms with Crippen LogP contribution >= 0.6 is 0 Å². The summed E-state index contributed by atoms with van der Waals surface area (Å²) in [4.78, 5) is 11.1. The quantitative estimate of drug-likeness (QED) is 0.144. The Morgan fingerprint density at radius 1 is 0.271 bits per heavy atom. The molecule has 0 atom stereocenters. The van der Waals surface area contributed by atoms with Crippen molar-refractivity contribution < 1.29 is 0 Å². The summed E-state index contributed by atoms with van der Waals surface area (Å²) in [5.41, 5.74) is 20.2. The first kappa shape index (κ1) is 49.0. The summed E-state index contributed by atoms with van der Waals surface area (Å²) in [6, 6.07) is 105. The summed E-state index contributed by atoms with van der Waals surface area (Å²) in [7, 11) is 0. The predicted molar refractivity (Wildman–Crippen MR) is 347 cm³/mol. The topological polar surface area (TPSA) is 88.2 Å². The van der Waals surface area contributed by atoms with Crippen molar-refractivity contribution in [3.63, 3.8) is 0 Å². The molecular formula is C78H47N7. The van der Waals surface area contributed by atoms with Crippen LogP contribution in [0.25, 0.3) is 150 Å². The van der Waals surface area contributed by atoms with E-state index in [-0.39, 0.29) is 0 Å². The second-order valence-electron chi connectivity index (χ2n) is 21.5. The Bertz CT molecular complexity index is 5110. The molecule has 16 aromatic rings. The van der Waals surface area contributed by atoms with Gasteiger partial charge in [0.2, 0.25) is 0 Å². The minimum Gasteiger partial charge on any atom is -0.309 e. The predicted octanol–water partition coefficient (Wildman–Crippen LogP) is 19.5. The molecule has 12 aromatic carbocycles. The Balaban J connectivity index is 1.09. The molecule has 0 spiro atoms. The highest BCUT2D eigenvalue weighted by atomic mass is 15.0. The standard InChI is InChI=1S/C78H47N7/c79-48-50-39-41-56(55(43-50)49-80)53-40-42-76-64(44-53)61-29-11-20-38-75(61)85(76)77-65(62-30-12-18-36-73(62)83-69-32-14-7-25-57(69)58-26-8-15-33-70(58)83)45-54(78-81-67(51-21-3-1-4-22-51)47-68(82-78)52-23-5-2-6-24-52)46-66(77)63-31-13-19-37-74(63)84-71-34-16-9-27-59(71)60-28-10-17-35-72(60)84/h1-47H. The Hall–Kier alpha value is -11.9. The maximum Gasteiger partial charge on any atom is 0.160 e. The smallest absolute Gasteiger partial charge is 0.160 e. The van der Waals surface area contributed by atoms with Gasteiger partial charge in [-0.05, 0) is 96.1 Å². The largest absolute Gasteiger partial charge is 0.309 e. The summed E-state index contributed by atoms with van der Waals surface area (Å²) in [6.45, 7) is 0. The van der Waals surface area contributed by atoms with E-state index < -0.39 is 0 Å². The molecule has 0 amide bonds. The van der Waals surface area contributed by atoms with Crippen molar-refractivity contribution in [2.45, 2.75) is 0 Å². The zero-order valence-electron chi connectivity index (χ0n) is 45.8. The van der Waals surface area contributed by atoms with E-state index >= 15 is 0 Å². The van der Waals surface area contributed by atoms with Gasteiger partial charge in [-0.3, -0.25) is 0 Å². The van der Waals surface area contributed by atoms with Gasteiger partial charge >= 0.3 is 0 Å². The fourth-order valence-electron chi connectivity index (χ4n) is 13.0. The van der Waals surface area contributed by atoms with E-state index in [9.17, 15) is 10.5 Å². The van der Waals surface area contributed by atoms with E-state index in [1.807, 2.05) is 18.2 Å². The fourth-order valence-corrected chi connectivity index (χ4v) is 13.0. The van der Waals surface area contributed by atoms with Crippen molar-refractivity contribution >= 4 is 65.4 Å². The van der Waals surface area contributed by atoms with E-state index in [2.05, 4.69) is 281 Å². The highest BCUT2D eigenvalue weighted by Crippen LogP contribution is 2.49. The molecule has 7 heteroatoms. The van der Waals surface area contributed by atoms with Crippen molar-refractivity contribution in [2.24, 2.45) is 0 Å². The number of benzene rings is 12. The van der Waals surface area contributed by atoms with Crippen LogP contribution in [0.2, 0.25) is 0 Å². The molecule has 0 radical (unpaired) electrons. The van der Waals surface area contributed by atoms with Gasteiger partial charge in [0.1, 0.15) is 0 Å². The molecule has 0 saturated heterocycles. The van der Waals surface area contributed by atoms with E-state index in [0.717, 1.165) is 122 Å². The van der Waals surface area contributed by atoms with E-state index in [4.69, 9.17) is 9.97 Å². The highest BCUT2D eigenvalue weighted by molar-refractivity contribution is 6.14. The monoisotopic (exact) mass is 1080 g/mol. The summed E-state index contributed by atoms with van der Waals surface area (Å²) >= 11 is 0. The normalized spacial score (nSPS) is 11.5. The summed E-state index contributed by atoms with van der Waals surface area (Å²) < 4.78 is 7.30. The number of nitriles is 2. The molecule has 0 aliphatic heterocycles. The third-order valence-electron chi connectivity index (χ3n) is 16.7. The van der Waals surface area contributed by atoms with Crippen LogP contribution in [0.1, 0.15) is 11.1 Å². The van der Waals surface area contributed by atoms with Crippen LogP contribution < -0.4 is 0 Å². The molecule has 4 heterocycles. The van der Waals surface area contributed by atoms with Crippen LogP contribution in [-0.2, 0) is 0 Å². The Morgan fingerprint density at radius 2 is 0.682 bits per heavy atom. The lowest BCUT2D eigenvalue weighted by molar-refractivity contribution is 1.15. The van der Waals surface area contributed by atoms with Crippen molar-refractivity contribution in [2.75, 3.05) is 0 Å². The first-order chi connectivity index (χ1) is 42.1. The van der Waals surface area contributed by atoms with Crippen molar-refractivity contribution in [3.05, 3.63) is 296 Å². The molecule has 85 heavy (non-hydrogen) atoms. The molecule has 7 nitrogen and oxygen atoms in total. The van der Waals surface area contributed by atoms with Gasteiger partial charge in [-0.25, -0.2) is 9.97 Å². The second kappa shape index (κ2) is 20.0. The van der Waals surface area contributed by atoms with Gasteiger partial charge in [-0.1, -0.05) is 200 Å². The van der Waals surface area contributed by atoms with E-state index in [1.165, 1.54) is 21.5 Å². The van der Waals surface area contributed by atoms with Crippen molar-refractivity contribution in [3.8, 4) is 96.5 Å². The van der Waals surface area contributed by atoms with Crippen LogP contribution in [0.4, 0.5) is 0 Å². The molecule has 0 aliphatic rings. The lowest BCUT2D eigenvalue weighted by atomic mass is 9.90. The van der Waals surface area contributed by atoms with Crippen LogP contribution in [0, 0.1) is 22.7 Å². The number of nitrogens with zero attached hydrogens (tertiary/aromatic N) is 7. The number of aromatic nitrogens is 5. The van der Waals surface area contributed by atoms with Gasteiger partial charge in [-0.15, -0.1) is 0 Å². The second-order valence-corrected chi connectivity index (χ2v) is 21.5. The van der Waals surface area contributed by atoms with Crippen LogP contribution in [0.15, 0.2) is 285 Å². The molecule has 0 fully saturated rings. The van der Waals surface area contributed by atoms with Gasteiger partial charge < -0.3 is 13.7 Å². The number of hydrogen-bond donors (Lipinski definition) is 0. The lowest BCUT2D eigenvalue weighted by Crippen LogP contribution is -2.06. The van der Waals surface area contributed by atoms with Crippen LogP contribution in [0.3, 0.4) is 0 Å². The van der Waals surface area contributed by atoms with Gasteiger partial charge in [-0.2, -0.15) is 10.5 Å². The average Bonchev–Trinajstić information content (AvgIpc) is 2.83. The molecule has 0 saturated carbocycles. The van der Waals surface area contributed by atoms with Crippen LogP contribution in [0.5, 0.6) is 0 Å². The average molecular weight is 1080 g/mol. The SMILES string of the molecule is N#Cc1ccc(-c2ccc3c(c2)c2ccccc2n3-c2c(-c3ccccc3-n3c4ccccc4c4ccccc43)cc(-c3nc(-c4ccccc4)cc(-c4ccccc4)n3)cc2-c2ccccc2-n2c3ccccc3c3ccccc32)c(C#N)c1. The summed E-state index contributed by atoms with van der Waals surface area (Å²) in [6.07, 6.45) is 0. The maximum absolute atomic E-state index is 10.5. The Morgan fingerprint density at radius 3 is 1.15 bits per heavy atom. The van der Waals surface area contributed by atoms with Crippen LogP contribution in [-0.4, -0.2) is 23.7 Å². The molecule has 16 rings (SSSR count). The first-order valence-electron chi connectivity index (χ1n) is 28.4. The number of para-hydroxylation sites is 7. The Kier molecular flexibility index (Phi) is 11.5. The highest BCUT2D eigenvalue weighted by Gasteiger charge is 2.28. The fraction of sp³-hybridized carbons (Fsp3) is 0. The minimum absolute atomic E-state index is 0.442. The number of hydrogen-bond acceptors (Lipinski definition) is 4. The third-order valence-corrected chi connectivity index (χ3v) is 16.7. The van der Waals surface area contributed by atoms with Gasteiger partial charge in [0.25, 0.3) is 0 Å². The summed E-state index contributed by atoms with van der Waals surface area (Å²) in [5, 5.41) is 27.1. The maximum atomic E-state index is 10.5. The zero-order valence-corrected chi connectivity index (χ0v) is 45.8. The van der Waals surface area contributed by atoms with E-state index in [0.29, 0.717) is 17.0 Å². The zero-order chi connectivity index (χ0) is 56.5. The third kappa shape index (κ3) is 7.95. The van der Waals surface area contributed by atoms with Crippen molar-refractivity contribution in [1.82, 2.24) is 23.7 Å². The molecule has 0 bridgehead atoms. The van der Waals surface area contributed by atoms with Gasteiger partial charge in [0, 0.05) is 71.3 Å². The molecule has 0 unspecified atom stereocenters.